The van der Waals surface area contributed by atoms with Crippen LogP contribution in [0, 0.1) is 0 Å². The second-order valence-electron chi connectivity index (χ2n) is 6.52. The molecule has 1 unspecified atom stereocenters. The molecule has 10 nitrogen and oxygen atoms in total. The molecule has 1 atom stereocenters. The Morgan fingerprint density at radius 3 is 2.24 bits per heavy atom. The number of esters is 1. The predicted molar refractivity (Wildman–Crippen MR) is 105 cm³/mol. The molecule has 1 amide bonds. The molecule has 0 bridgehead atoms. The maximum atomic E-state index is 12.2. The summed E-state index contributed by atoms with van der Waals surface area (Å²) in [6.45, 7) is 4.79. The van der Waals surface area contributed by atoms with Crippen molar-refractivity contribution in [3.63, 3.8) is 0 Å². The number of benzene rings is 1. The molecule has 1 heterocycles. The van der Waals surface area contributed by atoms with Crippen LogP contribution in [-0.2, 0) is 26.6 Å². The number of ether oxygens (including phenoxy) is 1. The Morgan fingerprint density at radius 1 is 1.07 bits per heavy atom. The number of hydrogen-bond donors (Lipinski definition) is 2. The van der Waals surface area contributed by atoms with E-state index < -0.39 is 28.0 Å². The summed E-state index contributed by atoms with van der Waals surface area (Å²) < 4.78 is 32.7. The second kappa shape index (κ2) is 8.97. The molecule has 2 N–H and O–H groups in total. The number of amides is 1. The minimum Gasteiger partial charge on any atom is -0.448 e. The highest BCUT2D eigenvalue weighted by molar-refractivity contribution is 7.89. The molecule has 0 saturated heterocycles. The monoisotopic (exact) mass is 422 g/mol. The minimum absolute atomic E-state index is 0.0597. The highest BCUT2D eigenvalue weighted by Crippen LogP contribution is 2.15. The maximum absolute atomic E-state index is 12.2. The quantitative estimate of drug-likeness (QED) is 0.625. The van der Waals surface area contributed by atoms with Crippen molar-refractivity contribution in [2.24, 2.45) is 7.05 Å². The number of nitrogens with one attached hydrogen (secondary N) is 2. The zero-order valence-electron chi connectivity index (χ0n) is 16.4. The van der Waals surface area contributed by atoms with Crippen LogP contribution < -0.4 is 15.6 Å². The summed E-state index contributed by atoms with van der Waals surface area (Å²) in [5.41, 5.74) is -0.165. The van der Waals surface area contributed by atoms with Crippen LogP contribution in [0.1, 0.15) is 31.3 Å². The number of rotatable bonds is 7. The van der Waals surface area contributed by atoms with Gasteiger partial charge in [-0.2, -0.15) is 5.10 Å². The van der Waals surface area contributed by atoms with E-state index in [-0.39, 0.29) is 22.2 Å². The highest BCUT2D eigenvalue weighted by atomic mass is 32.2. The molecule has 1 aromatic heterocycles. The van der Waals surface area contributed by atoms with Gasteiger partial charge in [0.1, 0.15) is 0 Å². The number of sulfonamides is 1. The summed E-state index contributed by atoms with van der Waals surface area (Å²) in [5.74, 6) is -1.47. The Kier molecular flexibility index (Phi) is 6.88. The molecule has 0 aliphatic heterocycles. The van der Waals surface area contributed by atoms with Crippen LogP contribution in [0.25, 0.3) is 0 Å². The lowest BCUT2D eigenvalue weighted by atomic mass is 10.3. The van der Waals surface area contributed by atoms with Crippen molar-refractivity contribution in [2.45, 2.75) is 37.8 Å². The van der Waals surface area contributed by atoms with Crippen LogP contribution in [0.3, 0.4) is 0 Å². The third kappa shape index (κ3) is 5.96. The van der Waals surface area contributed by atoms with Crippen molar-refractivity contribution in [1.29, 1.82) is 0 Å². The van der Waals surface area contributed by atoms with E-state index in [1.807, 2.05) is 0 Å². The number of carbonyl (C=O) groups is 2. The average Bonchev–Trinajstić information content (AvgIpc) is 2.63. The van der Waals surface area contributed by atoms with Gasteiger partial charge < -0.3 is 10.1 Å². The first-order valence-electron chi connectivity index (χ1n) is 8.68. The zero-order chi connectivity index (χ0) is 21.8. The molecule has 0 radical (unpaired) electrons. The smallest absolute Gasteiger partial charge is 0.359 e. The van der Waals surface area contributed by atoms with Gasteiger partial charge in [0, 0.05) is 24.8 Å². The Labute approximate surface area is 167 Å². The summed E-state index contributed by atoms with van der Waals surface area (Å²) >= 11 is 0. The van der Waals surface area contributed by atoms with Crippen LogP contribution in [0.4, 0.5) is 5.69 Å². The zero-order valence-corrected chi connectivity index (χ0v) is 17.2. The number of aryl methyl sites for hydroxylation is 1. The lowest BCUT2D eigenvalue weighted by Crippen LogP contribution is -2.31. The van der Waals surface area contributed by atoms with Crippen LogP contribution in [0.5, 0.6) is 0 Å². The number of anilines is 1. The Balaban J connectivity index is 2.01. The van der Waals surface area contributed by atoms with Gasteiger partial charge in [0.25, 0.3) is 11.5 Å². The summed E-state index contributed by atoms with van der Waals surface area (Å²) in [6, 6.07) is 7.68. The van der Waals surface area contributed by atoms with Gasteiger partial charge in [0.05, 0.1) is 4.90 Å². The largest absolute Gasteiger partial charge is 0.448 e. The van der Waals surface area contributed by atoms with Gasteiger partial charge >= 0.3 is 5.97 Å². The van der Waals surface area contributed by atoms with E-state index in [1.165, 1.54) is 44.3 Å². The third-order valence-electron chi connectivity index (χ3n) is 3.65. The van der Waals surface area contributed by atoms with E-state index in [1.54, 1.807) is 13.8 Å². The van der Waals surface area contributed by atoms with Crippen molar-refractivity contribution in [1.82, 2.24) is 14.5 Å². The van der Waals surface area contributed by atoms with Gasteiger partial charge in [-0.1, -0.05) is 0 Å². The van der Waals surface area contributed by atoms with Gasteiger partial charge in [0.15, 0.2) is 11.8 Å². The topological polar surface area (TPSA) is 136 Å². The molecule has 156 valence electrons. The molecule has 0 saturated carbocycles. The molecule has 2 rings (SSSR count). The van der Waals surface area contributed by atoms with E-state index in [0.717, 1.165) is 10.7 Å². The van der Waals surface area contributed by atoms with Crippen molar-refractivity contribution in [2.75, 3.05) is 5.32 Å². The van der Waals surface area contributed by atoms with E-state index in [2.05, 4.69) is 15.1 Å². The van der Waals surface area contributed by atoms with Crippen LogP contribution in [-0.4, -0.2) is 42.2 Å². The third-order valence-corrected chi connectivity index (χ3v) is 5.32. The lowest BCUT2D eigenvalue weighted by Gasteiger charge is -2.14. The first-order valence-corrected chi connectivity index (χ1v) is 10.2. The molecular weight excluding hydrogens is 400 g/mol. The fourth-order valence-electron chi connectivity index (χ4n) is 2.23. The van der Waals surface area contributed by atoms with Gasteiger partial charge in [-0.05, 0) is 51.1 Å². The van der Waals surface area contributed by atoms with Crippen molar-refractivity contribution < 1.29 is 22.7 Å². The molecule has 11 heteroatoms. The van der Waals surface area contributed by atoms with Crippen molar-refractivity contribution >= 4 is 27.6 Å². The molecule has 0 fully saturated rings. The summed E-state index contributed by atoms with van der Waals surface area (Å²) in [4.78, 5) is 35.7. The Hall–Kier alpha value is -3.05. The first kappa shape index (κ1) is 22.2. The maximum Gasteiger partial charge on any atom is 0.359 e. The number of aromatic nitrogens is 2. The second-order valence-corrected chi connectivity index (χ2v) is 8.23. The highest BCUT2D eigenvalue weighted by Gasteiger charge is 2.21. The number of carbonyl (C=O) groups excluding carboxylic acids is 2. The summed E-state index contributed by atoms with van der Waals surface area (Å²) in [6.07, 6.45) is -1.15. The van der Waals surface area contributed by atoms with Gasteiger partial charge in [0.2, 0.25) is 10.0 Å². The molecule has 0 aliphatic rings. The van der Waals surface area contributed by atoms with Crippen LogP contribution in [0.15, 0.2) is 46.1 Å². The van der Waals surface area contributed by atoms with Gasteiger partial charge in [-0.15, -0.1) is 0 Å². The van der Waals surface area contributed by atoms with Crippen molar-refractivity contribution in [3.8, 4) is 0 Å². The van der Waals surface area contributed by atoms with E-state index >= 15 is 0 Å². The predicted octanol–water partition coefficient (Wildman–Crippen LogP) is 0.651. The number of hydrogen-bond acceptors (Lipinski definition) is 7. The minimum atomic E-state index is -3.64. The number of nitrogens with zero attached hydrogens (tertiary/aromatic N) is 2. The first-order chi connectivity index (χ1) is 13.5. The van der Waals surface area contributed by atoms with Gasteiger partial charge in [-0.3, -0.25) is 9.59 Å². The Bertz CT molecular complexity index is 1060. The summed E-state index contributed by atoms with van der Waals surface area (Å²) in [7, 11) is -2.25. The molecule has 0 spiro atoms. The van der Waals surface area contributed by atoms with Crippen LogP contribution in [0.2, 0.25) is 0 Å². The fourth-order valence-corrected chi connectivity index (χ4v) is 3.48. The molecule has 0 aliphatic carbocycles. The molecular formula is C18H22N4O6S. The van der Waals surface area contributed by atoms with Gasteiger partial charge in [-0.25, -0.2) is 22.6 Å². The lowest BCUT2D eigenvalue weighted by molar-refractivity contribution is -0.123. The Morgan fingerprint density at radius 2 is 1.69 bits per heavy atom. The molecule has 2 aromatic rings. The van der Waals surface area contributed by atoms with E-state index in [9.17, 15) is 22.8 Å². The summed E-state index contributed by atoms with van der Waals surface area (Å²) in [5, 5.41) is 6.29. The van der Waals surface area contributed by atoms with E-state index in [4.69, 9.17) is 4.74 Å². The normalized spacial score (nSPS) is 12.4. The standard InChI is InChI=1S/C18H22N4O6S/c1-11(2)21-29(26,27)14-7-5-13(6-8-14)19-17(24)12(3)28-18(25)15-9-10-16(23)22(4)20-15/h5-12,21H,1-4H3,(H,19,24). The molecule has 29 heavy (non-hydrogen) atoms. The average molecular weight is 422 g/mol. The van der Waals surface area contributed by atoms with Crippen molar-refractivity contribution in [3.05, 3.63) is 52.4 Å². The molecule has 1 aromatic carbocycles. The van der Waals surface area contributed by atoms with Crippen LogP contribution >= 0.6 is 0 Å². The SMILES string of the molecule is CC(C)NS(=O)(=O)c1ccc(NC(=O)C(C)OC(=O)c2ccc(=O)n(C)n2)cc1. The fraction of sp³-hybridized carbons (Fsp3) is 0.333. The van der Waals surface area contributed by atoms with E-state index in [0.29, 0.717) is 5.69 Å².